The number of rotatable bonds is 3. The Morgan fingerprint density at radius 1 is 1.54 bits per heavy atom. The lowest BCUT2D eigenvalue weighted by Crippen LogP contribution is -2.08. The number of aromatic nitrogens is 1. The first-order chi connectivity index (χ1) is 6.36. The molecule has 13 heavy (non-hydrogen) atoms. The van der Waals surface area contributed by atoms with Crippen LogP contribution in [0.1, 0.15) is 0 Å². The van der Waals surface area contributed by atoms with E-state index in [0.29, 0.717) is 0 Å². The molecule has 0 unspecified atom stereocenters. The molecule has 1 aromatic heterocycles. The van der Waals surface area contributed by atoms with E-state index < -0.39 is 0 Å². The number of hydrogen-bond acceptors (Lipinski definition) is 4. The zero-order valence-corrected chi connectivity index (χ0v) is 7.44. The second-order valence-electron chi connectivity index (χ2n) is 2.34. The molecule has 0 atom stereocenters. The van der Waals surface area contributed by atoms with Crippen molar-refractivity contribution in [2.24, 2.45) is 10.7 Å². The summed E-state index contributed by atoms with van der Waals surface area (Å²) in [6.45, 7) is 0. The third kappa shape index (κ3) is 2.94. The molecular formula is C9H12N4. The van der Waals surface area contributed by atoms with Gasteiger partial charge in [-0.15, -0.1) is 0 Å². The largest absolute Gasteiger partial charge is 0.403 e. The van der Waals surface area contributed by atoms with E-state index in [4.69, 9.17) is 5.73 Å². The highest BCUT2D eigenvalue weighted by Crippen LogP contribution is 2.07. The number of hydrogen-bond donors (Lipinski definition) is 2. The maximum Gasteiger partial charge on any atom is 0.0681 e. The summed E-state index contributed by atoms with van der Waals surface area (Å²) >= 11 is 0. The van der Waals surface area contributed by atoms with Crippen LogP contribution in [0.25, 0.3) is 0 Å². The van der Waals surface area contributed by atoms with Crippen molar-refractivity contribution in [3.8, 4) is 0 Å². The molecule has 3 N–H and O–H groups in total. The first-order valence-electron chi connectivity index (χ1n) is 3.90. The zero-order valence-electron chi connectivity index (χ0n) is 7.44. The molecule has 0 aliphatic carbocycles. The quantitative estimate of drug-likeness (QED) is 0.670. The molecule has 0 saturated heterocycles. The first-order valence-corrected chi connectivity index (χ1v) is 3.90. The Balaban J connectivity index is 2.69. The average molecular weight is 176 g/mol. The van der Waals surface area contributed by atoms with E-state index in [1.165, 1.54) is 6.20 Å². The van der Waals surface area contributed by atoms with E-state index in [1.54, 1.807) is 25.7 Å². The third-order valence-electron chi connectivity index (χ3n) is 1.48. The summed E-state index contributed by atoms with van der Waals surface area (Å²) in [6.07, 6.45) is 6.51. The summed E-state index contributed by atoms with van der Waals surface area (Å²) in [4.78, 5) is 8.06. The Morgan fingerprint density at radius 2 is 2.23 bits per heavy atom. The minimum Gasteiger partial charge on any atom is -0.403 e. The molecule has 1 aromatic rings. The molecule has 0 saturated carbocycles. The van der Waals surface area contributed by atoms with Gasteiger partial charge in [0.25, 0.3) is 0 Å². The number of nitrogens with two attached hydrogens (primary N) is 1. The highest BCUT2D eigenvalue weighted by molar-refractivity contribution is 5.79. The number of aliphatic imine (C=N–C) groups is 1. The van der Waals surface area contributed by atoms with Crippen molar-refractivity contribution >= 4 is 11.9 Å². The van der Waals surface area contributed by atoms with Gasteiger partial charge in [-0.25, -0.2) is 0 Å². The number of allylic oxidation sites excluding steroid dienone is 1. The lowest BCUT2D eigenvalue weighted by molar-refractivity contribution is 1.05. The standard InChI is InChI=1S/C9H12N4/c1-11-9(6-10)7-13-8-2-4-12-5-3-8/h2-7,11H,10H2,1H3. The summed E-state index contributed by atoms with van der Waals surface area (Å²) in [6, 6.07) is 3.64. The van der Waals surface area contributed by atoms with Crippen molar-refractivity contribution in [1.82, 2.24) is 10.3 Å². The van der Waals surface area contributed by atoms with Gasteiger partial charge in [-0.2, -0.15) is 0 Å². The van der Waals surface area contributed by atoms with Crippen LogP contribution in [0.5, 0.6) is 0 Å². The lowest BCUT2D eigenvalue weighted by atomic mass is 10.4. The van der Waals surface area contributed by atoms with Crippen LogP contribution in [0, 0.1) is 0 Å². The average Bonchev–Trinajstić information content (AvgIpc) is 2.21. The molecular weight excluding hydrogens is 164 g/mol. The van der Waals surface area contributed by atoms with Crippen LogP contribution in [0.3, 0.4) is 0 Å². The summed E-state index contributed by atoms with van der Waals surface area (Å²) in [5, 5.41) is 2.89. The summed E-state index contributed by atoms with van der Waals surface area (Å²) in [7, 11) is 1.79. The predicted molar refractivity (Wildman–Crippen MR) is 53.7 cm³/mol. The van der Waals surface area contributed by atoms with Gasteiger partial charge in [0.05, 0.1) is 17.6 Å². The molecule has 1 heterocycles. The molecule has 4 nitrogen and oxygen atoms in total. The van der Waals surface area contributed by atoms with Gasteiger partial charge in [-0.05, 0) is 12.1 Å². The van der Waals surface area contributed by atoms with E-state index in [0.717, 1.165) is 11.4 Å². The second kappa shape index (κ2) is 4.92. The topological polar surface area (TPSA) is 63.3 Å². The van der Waals surface area contributed by atoms with Gasteiger partial charge in [0.1, 0.15) is 0 Å². The molecule has 1 rings (SSSR count). The summed E-state index contributed by atoms with van der Waals surface area (Å²) in [5.41, 5.74) is 6.95. The summed E-state index contributed by atoms with van der Waals surface area (Å²) in [5.74, 6) is 0. The molecule has 0 spiro atoms. The SMILES string of the molecule is CNC(C=Nc1ccncc1)=CN. The predicted octanol–water partition coefficient (Wildman–Crippen LogP) is 0.803. The third-order valence-corrected chi connectivity index (χ3v) is 1.48. The monoisotopic (exact) mass is 176 g/mol. The van der Waals surface area contributed by atoms with Crippen LogP contribution in [0.15, 0.2) is 41.4 Å². The first kappa shape index (κ1) is 9.25. The van der Waals surface area contributed by atoms with E-state index >= 15 is 0 Å². The van der Waals surface area contributed by atoms with Crippen molar-refractivity contribution in [3.63, 3.8) is 0 Å². The Kier molecular flexibility index (Phi) is 3.50. The van der Waals surface area contributed by atoms with Gasteiger partial charge >= 0.3 is 0 Å². The van der Waals surface area contributed by atoms with Gasteiger partial charge in [-0.1, -0.05) is 0 Å². The van der Waals surface area contributed by atoms with Gasteiger partial charge in [-0.3, -0.25) is 9.98 Å². The van der Waals surface area contributed by atoms with Gasteiger partial charge < -0.3 is 11.1 Å². The fraction of sp³-hybridized carbons (Fsp3) is 0.111. The van der Waals surface area contributed by atoms with Gasteiger partial charge in [0.15, 0.2) is 0 Å². The molecule has 0 bridgehead atoms. The highest BCUT2D eigenvalue weighted by atomic mass is 14.9. The van der Waals surface area contributed by atoms with Crippen molar-refractivity contribution in [1.29, 1.82) is 0 Å². The summed E-state index contributed by atoms with van der Waals surface area (Å²) < 4.78 is 0. The van der Waals surface area contributed by atoms with Crippen molar-refractivity contribution in [2.45, 2.75) is 0 Å². The number of nitrogens with zero attached hydrogens (tertiary/aromatic N) is 2. The molecule has 68 valence electrons. The maximum atomic E-state index is 5.32. The lowest BCUT2D eigenvalue weighted by Gasteiger charge is -1.96. The molecule has 0 amide bonds. The molecule has 0 aromatic carbocycles. The molecule has 0 fully saturated rings. The van der Waals surface area contributed by atoms with Crippen LogP contribution in [0.2, 0.25) is 0 Å². The smallest absolute Gasteiger partial charge is 0.0681 e. The van der Waals surface area contributed by atoms with Crippen LogP contribution in [-0.4, -0.2) is 18.2 Å². The van der Waals surface area contributed by atoms with Crippen molar-refractivity contribution in [2.75, 3.05) is 7.05 Å². The Labute approximate surface area is 77.2 Å². The van der Waals surface area contributed by atoms with E-state index in [9.17, 15) is 0 Å². The minimum absolute atomic E-state index is 0.775. The van der Waals surface area contributed by atoms with E-state index in [1.807, 2.05) is 12.1 Å². The van der Waals surface area contributed by atoms with Crippen molar-refractivity contribution < 1.29 is 0 Å². The molecule has 0 aliphatic rings. The van der Waals surface area contributed by atoms with Gasteiger partial charge in [0, 0.05) is 25.6 Å². The van der Waals surface area contributed by atoms with Crippen LogP contribution < -0.4 is 11.1 Å². The molecule has 4 heteroatoms. The Morgan fingerprint density at radius 3 is 2.77 bits per heavy atom. The van der Waals surface area contributed by atoms with Crippen LogP contribution >= 0.6 is 0 Å². The van der Waals surface area contributed by atoms with Crippen LogP contribution in [0.4, 0.5) is 5.69 Å². The molecule has 0 radical (unpaired) electrons. The minimum atomic E-state index is 0.775. The number of nitrogens with one attached hydrogen (secondary N) is 1. The highest BCUT2D eigenvalue weighted by Gasteiger charge is 1.86. The van der Waals surface area contributed by atoms with E-state index in [2.05, 4.69) is 15.3 Å². The normalized spacial score (nSPS) is 11.9. The molecule has 0 aliphatic heterocycles. The fourth-order valence-electron chi connectivity index (χ4n) is 0.765. The Bertz CT molecular complexity index is 303. The second-order valence-corrected chi connectivity index (χ2v) is 2.34. The van der Waals surface area contributed by atoms with Crippen LogP contribution in [-0.2, 0) is 0 Å². The van der Waals surface area contributed by atoms with Crippen molar-refractivity contribution in [3.05, 3.63) is 36.4 Å². The van der Waals surface area contributed by atoms with Gasteiger partial charge in [0.2, 0.25) is 0 Å². The maximum absolute atomic E-state index is 5.32. The Hall–Kier alpha value is -1.84. The number of pyridine rings is 1. The van der Waals surface area contributed by atoms with E-state index in [-0.39, 0.29) is 0 Å². The fourth-order valence-corrected chi connectivity index (χ4v) is 0.765. The zero-order chi connectivity index (χ0) is 9.52.